The summed E-state index contributed by atoms with van der Waals surface area (Å²) in [4.78, 5) is 2.46. The monoisotopic (exact) mass is 631 g/mol. The van der Waals surface area contributed by atoms with E-state index in [1.165, 1.54) is 64.6 Å². The van der Waals surface area contributed by atoms with E-state index in [0.717, 1.165) is 5.69 Å². The Hall–Kier alpha value is -5.44. The molecule has 6 aromatic carbocycles. The summed E-state index contributed by atoms with van der Waals surface area (Å²) in [5, 5.41) is 5.16. The van der Waals surface area contributed by atoms with Crippen LogP contribution in [0.25, 0.3) is 42.1 Å². The first-order valence-electron chi connectivity index (χ1n) is 16.9. The van der Waals surface area contributed by atoms with Gasteiger partial charge < -0.3 is 4.90 Å². The molecule has 228 valence electrons. The SMILES string of the molecule is C1=CC2c3cc(N(c4ccc(-c5ccc6sc7ccccc7c6c5)cc4)c4cccc5ccccc45)ccc3C3C=CC=C[C@@H]3[C@@H]2C=C1. The summed E-state index contributed by atoms with van der Waals surface area (Å²) < 4.78 is 2.68. The highest BCUT2D eigenvalue weighted by atomic mass is 32.1. The number of hydrogen-bond acceptors (Lipinski definition) is 2. The van der Waals surface area contributed by atoms with Crippen molar-refractivity contribution in [3.05, 3.63) is 187 Å². The van der Waals surface area contributed by atoms with Gasteiger partial charge in [0, 0.05) is 48.8 Å². The van der Waals surface area contributed by atoms with Gasteiger partial charge in [0.05, 0.1) is 5.69 Å². The molecule has 4 atom stereocenters. The Morgan fingerprint density at radius 2 is 1.08 bits per heavy atom. The average molecular weight is 632 g/mol. The number of anilines is 3. The highest BCUT2D eigenvalue weighted by molar-refractivity contribution is 7.25. The number of allylic oxidation sites excluding steroid dienone is 8. The molecule has 0 N–H and O–H groups in total. The molecule has 48 heavy (non-hydrogen) atoms. The number of rotatable bonds is 4. The van der Waals surface area contributed by atoms with Crippen molar-refractivity contribution in [1.29, 1.82) is 0 Å². The maximum atomic E-state index is 2.48. The van der Waals surface area contributed by atoms with Gasteiger partial charge in [-0.25, -0.2) is 0 Å². The zero-order chi connectivity index (χ0) is 31.6. The molecule has 0 saturated heterocycles. The second-order valence-corrected chi connectivity index (χ2v) is 14.3. The van der Waals surface area contributed by atoms with Gasteiger partial charge in [0.2, 0.25) is 0 Å². The van der Waals surface area contributed by atoms with E-state index in [9.17, 15) is 0 Å². The molecular formula is C46H33NS. The summed E-state index contributed by atoms with van der Waals surface area (Å²) in [5.74, 6) is 1.72. The van der Waals surface area contributed by atoms with Crippen LogP contribution in [0, 0.1) is 11.8 Å². The summed E-state index contributed by atoms with van der Waals surface area (Å²) in [6.45, 7) is 0. The Balaban J connectivity index is 1.11. The van der Waals surface area contributed by atoms with Crippen LogP contribution in [-0.2, 0) is 0 Å². The van der Waals surface area contributed by atoms with Crippen molar-refractivity contribution < 1.29 is 0 Å². The van der Waals surface area contributed by atoms with Gasteiger partial charge in [0.1, 0.15) is 0 Å². The summed E-state index contributed by atoms with van der Waals surface area (Å²) in [5.41, 5.74) is 8.91. The first-order valence-corrected chi connectivity index (χ1v) is 17.8. The highest BCUT2D eigenvalue weighted by Gasteiger charge is 2.40. The quantitative estimate of drug-likeness (QED) is 0.187. The lowest BCUT2D eigenvalue weighted by atomic mass is 9.61. The third kappa shape index (κ3) is 4.37. The minimum Gasteiger partial charge on any atom is -0.310 e. The number of nitrogens with zero attached hydrogens (tertiary/aromatic N) is 1. The lowest BCUT2D eigenvalue weighted by Crippen LogP contribution is -2.31. The van der Waals surface area contributed by atoms with Crippen LogP contribution >= 0.6 is 11.3 Å². The van der Waals surface area contributed by atoms with Gasteiger partial charge in [-0.3, -0.25) is 0 Å². The molecule has 1 aromatic heterocycles. The summed E-state index contributed by atoms with van der Waals surface area (Å²) >= 11 is 1.87. The second-order valence-electron chi connectivity index (χ2n) is 13.2. The van der Waals surface area contributed by atoms with E-state index in [1.807, 2.05) is 11.3 Å². The molecule has 0 fully saturated rings. The molecule has 0 spiro atoms. The standard InChI is InChI=1S/C46H33NS/c1-2-12-35-31(10-1)11-9-18-44(35)47(34-25-26-40-38-15-4-3-13-36(38)37-14-5-6-16-39(37)42(40)29-34)33-23-20-30(21-24-33)32-22-27-46-43(28-32)41-17-7-8-19-45(41)48-46/h1-29,36-39H/t36-,37+,38?,39?/m1/s1. The van der Waals surface area contributed by atoms with Crippen molar-refractivity contribution in [2.45, 2.75) is 11.8 Å². The smallest absolute Gasteiger partial charge is 0.0540 e. The maximum absolute atomic E-state index is 2.48. The molecule has 1 heterocycles. The minimum atomic E-state index is 0.363. The van der Waals surface area contributed by atoms with Crippen LogP contribution in [0.4, 0.5) is 17.1 Å². The number of fused-ring (bicyclic) bond motifs is 10. The summed E-state index contributed by atoms with van der Waals surface area (Å²) in [6.07, 6.45) is 18.6. The van der Waals surface area contributed by atoms with Crippen LogP contribution in [0.1, 0.15) is 23.0 Å². The molecule has 3 aliphatic rings. The summed E-state index contributed by atoms with van der Waals surface area (Å²) in [6, 6.07) is 47.4. The molecule has 7 aromatic rings. The molecule has 0 saturated carbocycles. The van der Waals surface area contributed by atoms with E-state index in [4.69, 9.17) is 0 Å². The van der Waals surface area contributed by atoms with E-state index < -0.39 is 0 Å². The van der Waals surface area contributed by atoms with Crippen molar-refractivity contribution in [1.82, 2.24) is 0 Å². The molecule has 1 nitrogen and oxygen atoms in total. The van der Waals surface area contributed by atoms with Crippen LogP contribution in [0.2, 0.25) is 0 Å². The normalized spacial score (nSPS) is 20.6. The van der Waals surface area contributed by atoms with Crippen molar-refractivity contribution in [2.75, 3.05) is 4.90 Å². The van der Waals surface area contributed by atoms with Crippen molar-refractivity contribution >= 4 is 59.3 Å². The fourth-order valence-corrected chi connectivity index (χ4v) is 9.53. The number of thiophene rings is 1. The van der Waals surface area contributed by atoms with Crippen molar-refractivity contribution in [3.63, 3.8) is 0 Å². The van der Waals surface area contributed by atoms with E-state index in [2.05, 4.69) is 181 Å². The van der Waals surface area contributed by atoms with Gasteiger partial charge in [-0.05, 0) is 88.0 Å². The molecule has 0 radical (unpaired) electrons. The topological polar surface area (TPSA) is 3.24 Å². The van der Waals surface area contributed by atoms with Crippen LogP contribution < -0.4 is 4.90 Å². The second kappa shape index (κ2) is 11.1. The van der Waals surface area contributed by atoms with Gasteiger partial charge in [0.15, 0.2) is 0 Å². The van der Waals surface area contributed by atoms with Gasteiger partial charge in [0.25, 0.3) is 0 Å². The average Bonchev–Trinajstić information content (AvgIpc) is 3.53. The molecule has 10 rings (SSSR count). The Bertz CT molecular complexity index is 2490. The van der Waals surface area contributed by atoms with Gasteiger partial charge in [-0.15, -0.1) is 11.3 Å². The number of hydrogen-bond donors (Lipinski definition) is 0. The Morgan fingerprint density at radius 1 is 0.438 bits per heavy atom. The third-order valence-corrected chi connectivity index (χ3v) is 11.8. The predicted molar refractivity (Wildman–Crippen MR) is 206 cm³/mol. The third-order valence-electron chi connectivity index (χ3n) is 10.7. The lowest BCUT2D eigenvalue weighted by molar-refractivity contribution is 0.370. The molecule has 2 unspecified atom stereocenters. The van der Waals surface area contributed by atoms with Gasteiger partial charge in [-0.2, -0.15) is 0 Å². The molecule has 0 aliphatic heterocycles. The Morgan fingerprint density at radius 3 is 1.92 bits per heavy atom. The van der Waals surface area contributed by atoms with E-state index in [-0.39, 0.29) is 0 Å². The van der Waals surface area contributed by atoms with E-state index >= 15 is 0 Å². The minimum absolute atomic E-state index is 0.363. The zero-order valence-electron chi connectivity index (χ0n) is 26.4. The fraction of sp³-hybridized carbons (Fsp3) is 0.0870. The van der Waals surface area contributed by atoms with Gasteiger partial charge in [-0.1, -0.05) is 127 Å². The molecule has 0 amide bonds. The first-order chi connectivity index (χ1) is 23.8. The highest BCUT2D eigenvalue weighted by Crippen LogP contribution is 2.52. The van der Waals surface area contributed by atoms with E-state index in [1.54, 1.807) is 0 Å². The van der Waals surface area contributed by atoms with Crippen LogP contribution in [0.15, 0.2) is 176 Å². The Labute approximate surface area is 285 Å². The maximum Gasteiger partial charge on any atom is 0.0540 e. The predicted octanol–water partition coefficient (Wildman–Crippen LogP) is 13.0. The fourth-order valence-electron chi connectivity index (χ4n) is 8.44. The van der Waals surface area contributed by atoms with Crippen molar-refractivity contribution in [3.8, 4) is 11.1 Å². The van der Waals surface area contributed by atoms with Gasteiger partial charge >= 0.3 is 0 Å². The van der Waals surface area contributed by atoms with Crippen LogP contribution in [0.5, 0.6) is 0 Å². The molecule has 3 aliphatic carbocycles. The molecular weight excluding hydrogens is 599 g/mol. The largest absolute Gasteiger partial charge is 0.310 e. The van der Waals surface area contributed by atoms with Crippen LogP contribution in [-0.4, -0.2) is 0 Å². The zero-order valence-corrected chi connectivity index (χ0v) is 27.2. The Kier molecular flexibility index (Phi) is 6.38. The van der Waals surface area contributed by atoms with E-state index in [0.29, 0.717) is 23.7 Å². The lowest BCUT2D eigenvalue weighted by Gasteiger charge is -2.43. The molecule has 0 bridgehead atoms. The summed E-state index contributed by atoms with van der Waals surface area (Å²) in [7, 11) is 0. The van der Waals surface area contributed by atoms with Crippen LogP contribution in [0.3, 0.4) is 0 Å². The number of benzene rings is 6. The molecule has 2 heteroatoms. The first kappa shape index (κ1) is 27.7. The van der Waals surface area contributed by atoms with Crippen molar-refractivity contribution in [2.24, 2.45) is 11.8 Å².